The number of aromatic carboxylic acids is 1. The van der Waals surface area contributed by atoms with Gasteiger partial charge in [-0.25, -0.2) is 9.18 Å². The van der Waals surface area contributed by atoms with Crippen molar-refractivity contribution in [2.45, 2.75) is 24.8 Å². The highest BCUT2D eigenvalue weighted by Gasteiger charge is 2.32. The lowest BCUT2D eigenvalue weighted by Crippen LogP contribution is -2.25. The number of nitrogens with one attached hydrogen (secondary N) is 2. The Hall–Kier alpha value is -3.14. The van der Waals surface area contributed by atoms with Crippen LogP contribution in [0.1, 0.15) is 45.2 Å². The van der Waals surface area contributed by atoms with E-state index in [1.54, 1.807) is 0 Å². The number of carbonyl (C=O) groups is 2. The molecule has 1 aliphatic rings. The molecule has 2 aromatic rings. The van der Waals surface area contributed by atoms with Crippen LogP contribution in [0.3, 0.4) is 0 Å². The van der Waals surface area contributed by atoms with Crippen molar-refractivity contribution in [3.05, 3.63) is 81.1 Å². The third kappa shape index (κ3) is 5.13. The Kier molecular flexibility index (Phi) is 6.21. The second-order valence-electron chi connectivity index (χ2n) is 6.88. The molecule has 1 amide bonds. The molecule has 1 atom stereocenters. The van der Waals surface area contributed by atoms with Crippen LogP contribution in [0, 0.1) is 11.2 Å². The van der Waals surface area contributed by atoms with Crippen molar-refractivity contribution in [2.24, 2.45) is 0 Å². The first kappa shape index (κ1) is 22.5. The fraction of sp³-hybridized carbons (Fsp3) is 0.190. The summed E-state index contributed by atoms with van der Waals surface area (Å²) in [6, 6.07) is 7.21. The normalized spacial score (nSPS) is 16.4. The number of carbonyl (C=O) groups excluding carboxylic acids is 1. The third-order valence-electron chi connectivity index (χ3n) is 4.48. The van der Waals surface area contributed by atoms with Crippen molar-refractivity contribution >= 4 is 29.4 Å². The van der Waals surface area contributed by atoms with Gasteiger partial charge in [-0.15, -0.1) is 11.8 Å². The minimum atomic E-state index is -4.80. The molecule has 1 unspecified atom stereocenters. The standard InChI is InChI=1S/C21H16F4N2O3S/c1-10-6-16(18(31-10)17(26)11-2-4-12(5-3-11)20(29)30)27-19(28)13-7-14(21(23,24)25)9-15(22)8-13/h2-5,7-10,26H,6H2,1H3,(H,27,28)(H,29,30). The van der Waals surface area contributed by atoms with Crippen LogP contribution in [0.25, 0.3) is 0 Å². The molecule has 1 aliphatic heterocycles. The Labute approximate surface area is 178 Å². The first-order valence-electron chi connectivity index (χ1n) is 8.97. The fourth-order valence-corrected chi connectivity index (χ4v) is 4.18. The van der Waals surface area contributed by atoms with E-state index in [0.717, 1.165) is 0 Å². The Balaban J connectivity index is 1.89. The SMILES string of the molecule is CC1CC(NC(=O)c2cc(F)cc(C(F)(F)F)c2)=C(C(=N)c2ccc(C(=O)O)cc2)S1. The van der Waals surface area contributed by atoms with Gasteiger partial charge in [0.1, 0.15) is 5.82 Å². The third-order valence-corrected chi connectivity index (χ3v) is 5.74. The number of amides is 1. The molecule has 5 nitrogen and oxygen atoms in total. The number of thioether (sulfide) groups is 1. The summed E-state index contributed by atoms with van der Waals surface area (Å²) in [4.78, 5) is 23.9. The molecule has 0 aliphatic carbocycles. The van der Waals surface area contributed by atoms with Gasteiger partial charge in [0.2, 0.25) is 0 Å². The number of hydrogen-bond donors (Lipinski definition) is 3. The highest BCUT2D eigenvalue weighted by atomic mass is 32.2. The van der Waals surface area contributed by atoms with Crippen LogP contribution in [-0.2, 0) is 6.18 Å². The number of carboxylic acid groups (broad SMARTS) is 1. The first-order valence-corrected chi connectivity index (χ1v) is 9.85. The van der Waals surface area contributed by atoms with Crippen LogP contribution >= 0.6 is 11.8 Å². The van der Waals surface area contributed by atoms with Gasteiger partial charge in [-0.2, -0.15) is 13.2 Å². The summed E-state index contributed by atoms with van der Waals surface area (Å²) < 4.78 is 52.4. The number of carboxylic acids is 1. The molecule has 0 spiro atoms. The Morgan fingerprint density at radius 2 is 1.71 bits per heavy atom. The molecule has 0 radical (unpaired) electrons. The summed E-state index contributed by atoms with van der Waals surface area (Å²) in [6.07, 6.45) is -4.45. The highest BCUT2D eigenvalue weighted by molar-refractivity contribution is 8.04. The number of halogens is 4. The summed E-state index contributed by atoms with van der Waals surface area (Å²) in [5, 5.41) is 19.9. The molecular weight excluding hydrogens is 436 g/mol. The fourth-order valence-electron chi connectivity index (χ4n) is 3.02. The van der Waals surface area contributed by atoms with Gasteiger partial charge in [-0.05, 0) is 30.3 Å². The number of rotatable bonds is 5. The van der Waals surface area contributed by atoms with E-state index in [0.29, 0.717) is 40.8 Å². The zero-order chi connectivity index (χ0) is 22.9. The summed E-state index contributed by atoms with van der Waals surface area (Å²) in [5.74, 6) is -3.21. The van der Waals surface area contributed by atoms with E-state index >= 15 is 0 Å². The molecular formula is C21H16F4N2O3S. The molecule has 3 N–H and O–H groups in total. The lowest BCUT2D eigenvalue weighted by atomic mass is 10.0. The molecule has 2 aromatic carbocycles. The van der Waals surface area contributed by atoms with Gasteiger partial charge < -0.3 is 10.4 Å². The highest BCUT2D eigenvalue weighted by Crippen LogP contribution is 2.38. The van der Waals surface area contributed by atoms with Crippen LogP contribution in [0.15, 0.2) is 53.1 Å². The molecule has 10 heteroatoms. The van der Waals surface area contributed by atoms with Gasteiger partial charge in [0, 0.05) is 28.5 Å². The first-order chi connectivity index (χ1) is 14.5. The Bertz CT molecular complexity index is 1090. The average molecular weight is 452 g/mol. The molecule has 1 heterocycles. The molecule has 3 rings (SSSR count). The van der Waals surface area contributed by atoms with Crippen molar-refractivity contribution in [1.29, 1.82) is 5.41 Å². The van der Waals surface area contributed by atoms with E-state index in [9.17, 15) is 27.2 Å². The molecule has 0 fully saturated rings. The maximum absolute atomic E-state index is 13.6. The van der Waals surface area contributed by atoms with Crippen LogP contribution in [0.2, 0.25) is 0 Å². The number of alkyl halides is 3. The summed E-state index contributed by atoms with van der Waals surface area (Å²) in [7, 11) is 0. The largest absolute Gasteiger partial charge is 0.478 e. The number of benzene rings is 2. The minimum Gasteiger partial charge on any atom is -0.478 e. The van der Waals surface area contributed by atoms with Gasteiger partial charge in [0.05, 0.1) is 21.7 Å². The zero-order valence-corrected chi connectivity index (χ0v) is 16.8. The topological polar surface area (TPSA) is 90.3 Å². The Morgan fingerprint density at radius 1 is 1.10 bits per heavy atom. The molecule has 162 valence electrons. The number of allylic oxidation sites excluding steroid dienone is 2. The zero-order valence-electron chi connectivity index (χ0n) is 16.0. The van der Waals surface area contributed by atoms with Gasteiger partial charge >= 0.3 is 12.1 Å². The lowest BCUT2D eigenvalue weighted by molar-refractivity contribution is -0.137. The van der Waals surface area contributed by atoms with Crippen molar-refractivity contribution < 1.29 is 32.3 Å². The maximum Gasteiger partial charge on any atom is 0.416 e. The number of hydrogen-bond acceptors (Lipinski definition) is 4. The van der Waals surface area contributed by atoms with E-state index in [1.165, 1.54) is 36.0 Å². The van der Waals surface area contributed by atoms with Gasteiger partial charge in [0.25, 0.3) is 5.91 Å². The molecule has 0 aromatic heterocycles. The van der Waals surface area contributed by atoms with Crippen molar-refractivity contribution in [2.75, 3.05) is 0 Å². The molecule has 0 bridgehead atoms. The van der Waals surface area contributed by atoms with Crippen LogP contribution in [0.4, 0.5) is 17.6 Å². The van der Waals surface area contributed by atoms with Gasteiger partial charge in [-0.3, -0.25) is 10.2 Å². The van der Waals surface area contributed by atoms with Crippen molar-refractivity contribution in [3.8, 4) is 0 Å². The maximum atomic E-state index is 13.6. The summed E-state index contributed by atoms with van der Waals surface area (Å²) in [6.45, 7) is 1.86. The monoisotopic (exact) mass is 452 g/mol. The van der Waals surface area contributed by atoms with E-state index in [4.69, 9.17) is 10.5 Å². The Morgan fingerprint density at radius 3 is 2.29 bits per heavy atom. The van der Waals surface area contributed by atoms with Crippen molar-refractivity contribution in [1.82, 2.24) is 5.32 Å². The summed E-state index contributed by atoms with van der Waals surface area (Å²) >= 11 is 1.30. The summed E-state index contributed by atoms with van der Waals surface area (Å²) in [5.41, 5.74) is -0.908. The van der Waals surface area contributed by atoms with Crippen molar-refractivity contribution in [3.63, 3.8) is 0 Å². The van der Waals surface area contributed by atoms with E-state index < -0.39 is 35.0 Å². The molecule has 31 heavy (non-hydrogen) atoms. The predicted octanol–water partition coefficient (Wildman–Crippen LogP) is 5.08. The molecule has 0 saturated heterocycles. The smallest absolute Gasteiger partial charge is 0.416 e. The van der Waals surface area contributed by atoms with E-state index in [2.05, 4.69) is 5.32 Å². The van der Waals surface area contributed by atoms with Gasteiger partial charge in [0.15, 0.2) is 0 Å². The average Bonchev–Trinajstić information content (AvgIpc) is 3.06. The second kappa shape index (κ2) is 8.54. The quantitative estimate of drug-likeness (QED) is 0.436. The van der Waals surface area contributed by atoms with Crippen LogP contribution < -0.4 is 5.32 Å². The van der Waals surface area contributed by atoms with Gasteiger partial charge in [-0.1, -0.05) is 19.1 Å². The van der Waals surface area contributed by atoms with Crippen LogP contribution in [-0.4, -0.2) is 27.9 Å². The minimum absolute atomic E-state index is 0.0119. The van der Waals surface area contributed by atoms with E-state index in [1.807, 2.05) is 6.92 Å². The second-order valence-corrected chi connectivity index (χ2v) is 8.33. The lowest BCUT2D eigenvalue weighted by Gasteiger charge is -2.12. The van der Waals surface area contributed by atoms with Crippen LogP contribution in [0.5, 0.6) is 0 Å². The molecule has 0 saturated carbocycles. The predicted molar refractivity (Wildman–Crippen MR) is 108 cm³/mol. The van der Waals surface area contributed by atoms with E-state index in [-0.39, 0.29) is 16.5 Å².